The van der Waals surface area contributed by atoms with Crippen LogP contribution in [0, 0.1) is 0 Å². The van der Waals surface area contributed by atoms with Crippen LogP contribution in [-0.2, 0) is 14.3 Å². The normalized spacial score (nSPS) is 15.1. The maximum absolute atomic E-state index is 14.0. The number of phenolic OH excluding ortho intramolecular Hbond substituents is 1. The Morgan fingerprint density at radius 3 is 2.55 bits per heavy atom. The van der Waals surface area contributed by atoms with E-state index in [1.54, 1.807) is 37.3 Å². The molecule has 3 aromatic rings. The smallest absolute Gasteiger partial charge is 0.338 e. The van der Waals surface area contributed by atoms with Gasteiger partial charge in [0, 0.05) is 12.7 Å². The van der Waals surface area contributed by atoms with E-state index in [0.29, 0.717) is 53.2 Å². The van der Waals surface area contributed by atoms with Crippen molar-refractivity contribution < 1.29 is 28.8 Å². The summed E-state index contributed by atoms with van der Waals surface area (Å²) in [4.78, 5) is 32.5. The van der Waals surface area contributed by atoms with Gasteiger partial charge in [-0.25, -0.2) is 9.79 Å². The summed E-state index contributed by atoms with van der Waals surface area (Å²) >= 11 is 7.87. The molecule has 4 rings (SSSR count). The van der Waals surface area contributed by atoms with E-state index in [-0.39, 0.29) is 30.1 Å². The number of halogens is 2. The maximum Gasteiger partial charge on any atom is 0.338 e. The highest BCUT2D eigenvalue weighted by Gasteiger charge is 2.36. The molecule has 0 saturated carbocycles. The number of methoxy groups -OCH3 is 2. The van der Waals surface area contributed by atoms with Gasteiger partial charge in [0.15, 0.2) is 16.3 Å². The van der Waals surface area contributed by atoms with Crippen LogP contribution in [0.1, 0.15) is 37.4 Å². The lowest BCUT2D eigenvalue weighted by molar-refractivity contribution is -0.140. The van der Waals surface area contributed by atoms with E-state index < -0.39 is 12.0 Å². The summed E-state index contributed by atoms with van der Waals surface area (Å²) in [6, 6.07) is 7.90. The van der Waals surface area contributed by atoms with Crippen molar-refractivity contribution in [2.45, 2.75) is 26.3 Å². The van der Waals surface area contributed by atoms with E-state index in [1.165, 1.54) is 30.1 Å². The first kappa shape index (κ1) is 30.0. The van der Waals surface area contributed by atoms with Gasteiger partial charge < -0.3 is 24.1 Å². The molecule has 2 aromatic carbocycles. The molecule has 0 radical (unpaired) electrons. The van der Waals surface area contributed by atoms with E-state index in [2.05, 4.69) is 36.9 Å². The summed E-state index contributed by atoms with van der Waals surface area (Å²) < 4.78 is 25.1. The first-order valence-electron chi connectivity index (χ1n) is 12.4. The van der Waals surface area contributed by atoms with Gasteiger partial charge in [0.2, 0.25) is 0 Å². The summed E-state index contributed by atoms with van der Waals surface area (Å²) in [6.45, 7) is 4.39. The van der Waals surface area contributed by atoms with Crippen molar-refractivity contribution in [2.75, 3.05) is 34.0 Å². The number of aromatic nitrogens is 1. The molecule has 1 aromatic heterocycles. The number of rotatable bonds is 10. The van der Waals surface area contributed by atoms with Gasteiger partial charge in [0.25, 0.3) is 5.56 Å². The molecule has 12 heteroatoms. The molecule has 0 aliphatic carbocycles. The summed E-state index contributed by atoms with van der Waals surface area (Å²) in [7, 11) is 3.06. The molecule has 0 amide bonds. The standard InChI is InChI=1S/C28H28Br2N2O7S/c1-5-9-38-25-17(7-6-8-20(25)37-4)23-22(27(35)39-11-10-36-3)15(2)31-28-32(23)26(34)21(40-28)14-16-12-18(29)24(33)19(30)13-16/h6-8,12-14,23,33H,5,9-11H2,1-4H3/b21-14+/t23-/m0/s1. The quantitative estimate of drug-likeness (QED) is 0.247. The largest absolute Gasteiger partial charge is 0.506 e. The number of carbonyl (C=O) groups is 1. The zero-order valence-corrected chi connectivity index (χ0v) is 26.3. The molecule has 0 unspecified atom stereocenters. The van der Waals surface area contributed by atoms with Crippen molar-refractivity contribution in [3.05, 3.63) is 81.4 Å². The van der Waals surface area contributed by atoms with Crippen LogP contribution in [0.4, 0.5) is 0 Å². The number of carbonyl (C=O) groups excluding carboxylic acids is 1. The number of allylic oxidation sites excluding steroid dienone is 1. The number of ether oxygens (including phenoxy) is 4. The van der Waals surface area contributed by atoms with E-state index in [9.17, 15) is 14.7 Å². The Morgan fingerprint density at radius 1 is 1.18 bits per heavy atom. The van der Waals surface area contributed by atoms with Gasteiger partial charge in [-0.3, -0.25) is 9.36 Å². The molecular weight excluding hydrogens is 668 g/mol. The molecule has 0 saturated heterocycles. The summed E-state index contributed by atoms with van der Waals surface area (Å²) in [5.74, 6) is 0.375. The third-order valence-electron chi connectivity index (χ3n) is 6.07. The average molecular weight is 696 g/mol. The number of aromatic hydroxyl groups is 1. The molecule has 0 spiro atoms. The van der Waals surface area contributed by atoms with Crippen molar-refractivity contribution in [3.8, 4) is 17.2 Å². The van der Waals surface area contributed by atoms with Gasteiger partial charge in [-0.2, -0.15) is 0 Å². The van der Waals surface area contributed by atoms with Gasteiger partial charge in [0.05, 0.1) is 45.1 Å². The zero-order valence-electron chi connectivity index (χ0n) is 22.3. The number of nitrogens with zero attached hydrogens (tertiary/aromatic N) is 2. The third kappa shape index (κ3) is 6.04. The molecule has 0 fully saturated rings. The molecule has 1 aliphatic rings. The lowest BCUT2D eigenvalue weighted by Gasteiger charge is -2.27. The predicted molar refractivity (Wildman–Crippen MR) is 159 cm³/mol. The van der Waals surface area contributed by atoms with Crippen molar-refractivity contribution in [1.82, 2.24) is 4.57 Å². The predicted octanol–water partition coefficient (Wildman–Crippen LogP) is 4.45. The van der Waals surface area contributed by atoms with Crippen LogP contribution in [-0.4, -0.2) is 49.7 Å². The van der Waals surface area contributed by atoms with Crippen LogP contribution in [0.2, 0.25) is 0 Å². The number of hydrogen-bond donors (Lipinski definition) is 1. The van der Waals surface area contributed by atoms with Crippen LogP contribution in [0.15, 0.2) is 60.3 Å². The maximum atomic E-state index is 14.0. The first-order chi connectivity index (χ1) is 19.2. The summed E-state index contributed by atoms with van der Waals surface area (Å²) in [5.41, 5.74) is 1.57. The Morgan fingerprint density at radius 2 is 1.90 bits per heavy atom. The van der Waals surface area contributed by atoms with Crippen LogP contribution in [0.25, 0.3) is 6.08 Å². The third-order valence-corrected chi connectivity index (χ3v) is 8.27. The summed E-state index contributed by atoms with van der Waals surface area (Å²) in [6.07, 6.45) is 2.46. The molecule has 1 N–H and O–H groups in total. The highest BCUT2D eigenvalue weighted by Crippen LogP contribution is 2.41. The Kier molecular flexibility index (Phi) is 9.88. The molecule has 40 heavy (non-hydrogen) atoms. The highest BCUT2D eigenvalue weighted by atomic mass is 79.9. The van der Waals surface area contributed by atoms with Crippen molar-refractivity contribution >= 4 is 55.2 Å². The van der Waals surface area contributed by atoms with Crippen molar-refractivity contribution in [2.24, 2.45) is 4.99 Å². The van der Waals surface area contributed by atoms with E-state index >= 15 is 0 Å². The van der Waals surface area contributed by atoms with E-state index in [0.717, 1.165) is 6.42 Å². The number of para-hydroxylation sites is 1. The molecule has 2 heterocycles. The topological polar surface area (TPSA) is 109 Å². The molecule has 9 nitrogen and oxygen atoms in total. The Labute approximate surface area is 251 Å². The van der Waals surface area contributed by atoms with Gasteiger partial charge in [-0.15, -0.1) is 0 Å². The van der Waals surface area contributed by atoms with Crippen LogP contribution in [0.5, 0.6) is 17.2 Å². The Bertz CT molecular complexity index is 1620. The number of benzene rings is 2. The van der Waals surface area contributed by atoms with Crippen molar-refractivity contribution in [3.63, 3.8) is 0 Å². The Balaban J connectivity index is 1.97. The van der Waals surface area contributed by atoms with Crippen LogP contribution in [0.3, 0.4) is 0 Å². The average Bonchev–Trinajstić information content (AvgIpc) is 3.23. The van der Waals surface area contributed by atoms with E-state index in [4.69, 9.17) is 18.9 Å². The second-order valence-corrected chi connectivity index (χ2v) is 11.5. The van der Waals surface area contributed by atoms with Gasteiger partial charge in [0.1, 0.15) is 18.4 Å². The monoisotopic (exact) mass is 694 g/mol. The van der Waals surface area contributed by atoms with Gasteiger partial charge >= 0.3 is 5.97 Å². The van der Waals surface area contributed by atoms with Crippen LogP contribution < -0.4 is 24.4 Å². The SMILES string of the molecule is CCCOc1c(OC)cccc1[C@H]1C(C(=O)OCCOC)=C(C)N=c2s/c(=C/c3cc(Br)c(O)c(Br)c3)c(=O)n21. The number of esters is 1. The highest BCUT2D eigenvalue weighted by molar-refractivity contribution is 9.11. The van der Waals surface area contributed by atoms with Crippen molar-refractivity contribution in [1.29, 1.82) is 0 Å². The molecule has 212 valence electrons. The summed E-state index contributed by atoms with van der Waals surface area (Å²) in [5, 5.41) is 10.1. The number of phenols is 1. The second kappa shape index (κ2) is 13.2. The second-order valence-electron chi connectivity index (χ2n) is 8.77. The molecular formula is C28H28Br2N2O7S. The minimum Gasteiger partial charge on any atom is -0.506 e. The number of fused-ring (bicyclic) bond motifs is 1. The van der Waals surface area contributed by atoms with Gasteiger partial charge in [-0.05, 0) is 75.0 Å². The number of hydrogen-bond acceptors (Lipinski definition) is 9. The fourth-order valence-electron chi connectivity index (χ4n) is 4.26. The molecule has 1 aliphatic heterocycles. The molecule has 1 atom stereocenters. The number of thiazole rings is 1. The Hall–Kier alpha value is -2.93. The fraction of sp³-hybridized carbons (Fsp3) is 0.321. The van der Waals surface area contributed by atoms with Gasteiger partial charge in [-0.1, -0.05) is 30.4 Å². The first-order valence-corrected chi connectivity index (χ1v) is 14.8. The lowest BCUT2D eigenvalue weighted by Crippen LogP contribution is -2.40. The van der Waals surface area contributed by atoms with E-state index in [1.807, 2.05) is 13.0 Å². The fourth-order valence-corrected chi connectivity index (χ4v) is 6.53. The lowest BCUT2D eigenvalue weighted by atomic mass is 9.94. The minimum absolute atomic E-state index is 0.0468. The van der Waals surface area contributed by atoms with Crippen LogP contribution >= 0.6 is 43.2 Å². The zero-order chi connectivity index (χ0) is 29.0. The molecule has 0 bridgehead atoms. The minimum atomic E-state index is -0.881.